The third-order valence-corrected chi connectivity index (χ3v) is 2.38. The molecule has 1 spiro atoms. The highest BCUT2D eigenvalue weighted by molar-refractivity contribution is 4.93. The molecule has 2 aliphatic rings. The average Bonchev–Trinajstić information content (AvgIpc) is 2.45. The van der Waals surface area contributed by atoms with Crippen LogP contribution in [0, 0.1) is 5.41 Å². The Morgan fingerprint density at radius 3 is 2.33 bits per heavy atom. The number of rotatable bonds is 0. The smallest absolute Gasteiger partial charge is 0.0182 e. The van der Waals surface area contributed by atoms with Gasteiger partial charge in [-0.25, -0.2) is 0 Å². The third-order valence-electron chi connectivity index (χ3n) is 2.38. The molecule has 0 aromatic heterocycles. The standard InChI is InChI=1S/C6H13N3/c1-2-7-3-6(1)4-8-9-5-6/h7-9H,1-5H2. The monoisotopic (exact) mass is 127 g/mol. The van der Waals surface area contributed by atoms with Gasteiger partial charge < -0.3 is 5.32 Å². The van der Waals surface area contributed by atoms with Crippen molar-refractivity contribution in [3.05, 3.63) is 0 Å². The maximum Gasteiger partial charge on any atom is 0.0182 e. The van der Waals surface area contributed by atoms with E-state index in [1.54, 1.807) is 0 Å². The zero-order chi connectivity index (χ0) is 6.16. The summed E-state index contributed by atoms with van der Waals surface area (Å²) in [5.41, 5.74) is 6.89. The van der Waals surface area contributed by atoms with Crippen LogP contribution in [-0.2, 0) is 0 Å². The average molecular weight is 127 g/mol. The van der Waals surface area contributed by atoms with Crippen LogP contribution in [0.15, 0.2) is 0 Å². The number of hydrogen-bond donors (Lipinski definition) is 3. The van der Waals surface area contributed by atoms with Crippen molar-refractivity contribution in [1.82, 2.24) is 16.2 Å². The number of hydrogen-bond acceptors (Lipinski definition) is 3. The summed E-state index contributed by atoms with van der Waals surface area (Å²) in [6, 6.07) is 0. The largest absolute Gasteiger partial charge is 0.316 e. The van der Waals surface area contributed by atoms with Crippen LogP contribution in [0.25, 0.3) is 0 Å². The molecule has 0 radical (unpaired) electrons. The Kier molecular flexibility index (Phi) is 1.22. The second kappa shape index (κ2) is 1.94. The first-order valence-electron chi connectivity index (χ1n) is 3.58. The van der Waals surface area contributed by atoms with Crippen LogP contribution >= 0.6 is 0 Å². The molecular formula is C6H13N3. The molecular weight excluding hydrogens is 114 g/mol. The highest BCUT2D eigenvalue weighted by atomic mass is 15.4. The van der Waals surface area contributed by atoms with Crippen molar-refractivity contribution >= 4 is 0 Å². The van der Waals surface area contributed by atoms with Gasteiger partial charge in [-0.1, -0.05) is 0 Å². The molecule has 52 valence electrons. The maximum atomic E-state index is 3.38. The molecule has 3 heteroatoms. The van der Waals surface area contributed by atoms with E-state index in [1.165, 1.54) is 19.5 Å². The van der Waals surface area contributed by atoms with Crippen molar-refractivity contribution in [3.8, 4) is 0 Å². The molecule has 0 atom stereocenters. The van der Waals surface area contributed by atoms with E-state index in [9.17, 15) is 0 Å². The molecule has 2 aliphatic heterocycles. The second-order valence-corrected chi connectivity index (χ2v) is 3.13. The van der Waals surface area contributed by atoms with Crippen molar-refractivity contribution in [1.29, 1.82) is 0 Å². The van der Waals surface area contributed by atoms with Crippen molar-refractivity contribution in [2.45, 2.75) is 6.42 Å². The van der Waals surface area contributed by atoms with Crippen LogP contribution in [0.3, 0.4) is 0 Å². The van der Waals surface area contributed by atoms with E-state index in [2.05, 4.69) is 16.2 Å². The summed E-state index contributed by atoms with van der Waals surface area (Å²) in [4.78, 5) is 0. The Bertz CT molecular complexity index is 83.4. The minimum atomic E-state index is 0.556. The first kappa shape index (κ1) is 5.65. The van der Waals surface area contributed by atoms with Crippen LogP contribution in [0.1, 0.15) is 6.42 Å². The zero-order valence-electron chi connectivity index (χ0n) is 5.54. The Balaban J connectivity index is 2.04. The first-order chi connectivity index (χ1) is 4.41. The SMILES string of the molecule is C1CC2(CN1)CNNC2. The molecule has 0 bridgehead atoms. The predicted octanol–water partition coefficient (Wildman–Crippen LogP) is -0.926. The van der Waals surface area contributed by atoms with Gasteiger partial charge in [-0.05, 0) is 13.0 Å². The summed E-state index contributed by atoms with van der Waals surface area (Å²) in [6.45, 7) is 4.66. The lowest BCUT2D eigenvalue weighted by atomic mass is 9.89. The third kappa shape index (κ3) is 0.852. The fraction of sp³-hybridized carbons (Fsp3) is 1.00. The molecule has 9 heavy (non-hydrogen) atoms. The van der Waals surface area contributed by atoms with E-state index in [0.717, 1.165) is 13.1 Å². The molecule has 0 aromatic rings. The van der Waals surface area contributed by atoms with Crippen LogP contribution in [0.4, 0.5) is 0 Å². The fourth-order valence-corrected chi connectivity index (χ4v) is 1.66. The van der Waals surface area contributed by atoms with E-state index in [-0.39, 0.29) is 0 Å². The van der Waals surface area contributed by atoms with E-state index < -0.39 is 0 Å². The lowest BCUT2D eigenvalue weighted by Gasteiger charge is -2.17. The topological polar surface area (TPSA) is 36.1 Å². The highest BCUT2D eigenvalue weighted by Gasteiger charge is 2.36. The molecule has 0 unspecified atom stereocenters. The fourth-order valence-electron chi connectivity index (χ4n) is 1.66. The lowest BCUT2D eigenvalue weighted by molar-refractivity contribution is 0.388. The van der Waals surface area contributed by atoms with Gasteiger partial charge in [0.05, 0.1) is 0 Å². The Morgan fingerprint density at radius 1 is 1.00 bits per heavy atom. The van der Waals surface area contributed by atoms with Crippen molar-refractivity contribution < 1.29 is 0 Å². The van der Waals surface area contributed by atoms with Crippen molar-refractivity contribution in [3.63, 3.8) is 0 Å². The van der Waals surface area contributed by atoms with Gasteiger partial charge in [-0.3, -0.25) is 10.9 Å². The van der Waals surface area contributed by atoms with Gasteiger partial charge in [0.2, 0.25) is 0 Å². The second-order valence-electron chi connectivity index (χ2n) is 3.13. The summed E-state index contributed by atoms with van der Waals surface area (Å²) in [6.07, 6.45) is 1.33. The van der Waals surface area contributed by atoms with Crippen molar-refractivity contribution in [2.75, 3.05) is 26.2 Å². The van der Waals surface area contributed by atoms with Crippen molar-refractivity contribution in [2.24, 2.45) is 5.41 Å². The zero-order valence-corrected chi connectivity index (χ0v) is 5.54. The van der Waals surface area contributed by atoms with E-state index in [0.29, 0.717) is 5.41 Å². The lowest BCUT2D eigenvalue weighted by Crippen LogP contribution is -2.28. The van der Waals surface area contributed by atoms with Crippen LogP contribution in [0.2, 0.25) is 0 Å². The van der Waals surface area contributed by atoms with Gasteiger partial charge in [-0.2, -0.15) is 0 Å². The Labute approximate surface area is 55.2 Å². The summed E-state index contributed by atoms with van der Waals surface area (Å²) in [7, 11) is 0. The van der Waals surface area contributed by atoms with E-state index >= 15 is 0 Å². The number of nitrogens with one attached hydrogen (secondary N) is 3. The molecule has 2 fully saturated rings. The Hall–Kier alpha value is -0.120. The van der Waals surface area contributed by atoms with Gasteiger partial charge >= 0.3 is 0 Å². The van der Waals surface area contributed by atoms with Gasteiger partial charge in [0, 0.05) is 25.0 Å². The molecule has 0 amide bonds. The highest BCUT2D eigenvalue weighted by Crippen LogP contribution is 2.25. The van der Waals surface area contributed by atoms with Gasteiger partial charge in [0.15, 0.2) is 0 Å². The molecule has 2 rings (SSSR count). The van der Waals surface area contributed by atoms with E-state index in [4.69, 9.17) is 0 Å². The molecule has 0 saturated carbocycles. The normalized spacial score (nSPS) is 32.0. The predicted molar refractivity (Wildman–Crippen MR) is 35.9 cm³/mol. The summed E-state index contributed by atoms with van der Waals surface area (Å²) >= 11 is 0. The summed E-state index contributed by atoms with van der Waals surface area (Å²) < 4.78 is 0. The van der Waals surface area contributed by atoms with Crippen LogP contribution in [-0.4, -0.2) is 26.2 Å². The molecule has 3 N–H and O–H groups in total. The summed E-state index contributed by atoms with van der Waals surface area (Å²) in [5, 5.41) is 3.38. The van der Waals surface area contributed by atoms with Crippen LogP contribution in [0.5, 0.6) is 0 Å². The van der Waals surface area contributed by atoms with E-state index in [1.807, 2.05) is 0 Å². The van der Waals surface area contributed by atoms with Crippen LogP contribution < -0.4 is 16.2 Å². The number of hydrazine groups is 1. The van der Waals surface area contributed by atoms with Gasteiger partial charge in [0.1, 0.15) is 0 Å². The Morgan fingerprint density at radius 2 is 1.78 bits per heavy atom. The minimum absolute atomic E-state index is 0.556. The quantitative estimate of drug-likeness (QED) is 0.393. The molecule has 0 aromatic carbocycles. The molecule has 0 aliphatic carbocycles. The molecule has 2 saturated heterocycles. The molecule has 3 nitrogen and oxygen atoms in total. The summed E-state index contributed by atoms with van der Waals surface area (Å²) in [5.74, 6) is 0. The molecule has 2 heterocycles. The van der Waals surface area contributed by atoms with Gasteiger partial charge in [-0.15, -0.1) is 0 Å². The minimum Gasteiger partial charge on any atom is -0.316 e. The van der Waals surface area contributed by atoms with Gasteiger partial charge in [0.25, 0.3) is 0 Å². The maximum absolute atomic E-state index is 3.38. The first-order valence-corrected chi connectivity index (χ1v) is 3.58.